The molecular weight excluding hydrogens is 322 g/mol. The van der Waals surface area contributed by atoms with Gasteiger partial charge in [0.2, 0.25) is 0 Å². The van der Waals surface area contributed by atoms with Gasteiger partial charge in [0.25, 0.3) is 0 Å². The summed E-state index contributed by atoms with van der Waals surface area (Å²) in [6, 6.07) is 2.13. The van der Waals surface area contributed by atoms with E-state index in [1.165, 1.54) is 30.8 Å². The van der Waals surface area contributed by atoms with Crippen molar-refractivity contribution in [2.24, 2.45) is 0 Å². The molecule has 1 fully saturated rings. The summed E-state index contributed by atoms with van der Waals surface area (Å²) in [6.45, 7) is 7.98. The Morgan fingerprint density at radius 1 is 1.33 bits per heavy atom. The summed E-state index contributed by atoms with van der Waals surface area (Å²) in [4.78, 5) is 14.0. The van der Waals surface area contributed by atoms with Gasteiger partial charge < -0.3 is 4.90 Å². The van der Waals surface area contributed by atoms with E-state index in [0.717, 1.165) is 27.7 Å². The van der Waals surface area contributed by atoms with Gasteiger partial charge in [-0.15, -0.1) is 11.3 Å². The molecule has 1 saturated heterocycles. The van der Waals surface area contributed by atoms with Crippen LogP contribution in [-0.4, -0.2) is 40.3 Å². The highest BCUT2D eigenvalue weighted by molar-refractivity contribution is 7.99. The molecule has 3 rings (SSSR count). The van der Waals surface area contributed by atoms with Gasteiger partial charge >= 0.3 is 0 Å². The maximum Gasteiger partial charge on any atom is 0.190 e. The summed E-state index contributed by atoms with van der Waals surface area (Å²) >= 11 is 9.76. The number of fused-ring (bicyclic) bond motifs is 1. The van der Waals surface area contributed by atoms with Crippen molar-refractivity contribution in [3.05, 3.63) is 16.1 Å². The second-order valence-electron chi connectivity index (χ2n) is 5.72. The Bertz CT molecular complexity index is 621. The summed E-state index contributed by atoms with van der Waals surface area (Å²) in [6.07, 6.45) is 2.68. The second-order valence-corrected chi connectivity index (χ2v) is 8.20. The molecule has 2 aromatic rings. The van der Waals surface area contributed by atoms with E-state index in [9.17, 15) is 0 Å². The lowest BCUT2D eigenvalue weighted by Crippen LogP contribution is -2.21. The van der Waals surface area contributed by atoms with Gasteiger partial charge in [-0.25, -0.2) is 9.97 Å². The average molecular weight is 342 g/mol. The SMILES string of the molecule is CC(C)c1cc2c(Cl)nc(SCCN3CCCC3)nc2s1. The molecule has 3 nitrogen and oxygen atoms in total. The maximum absolute atomic E-state index is 6.32. The van der Waals surface area contributed by atoms with E-state index in [1.807, 2.05) is 0 Å². The van der Waals surface area contributed by atoms with E-state index in [-0.39, 0.29) is 0 Å². The van der Waals surface area contributed by atoms with Crippen LogP contribution in [0.1, 0.15) is 37.5 Å². The van der Waals surface area contributed by atoms with Crippen LogP contribution >= 0.6 is 34.7 Å². The van der Waals surface area contributed by atoms with Crippen molar-refractivity contribution in [2.75, 3.05) is 25.4 Å². The summed E-state index contributed by atoms with van der Waals surface area (Å²) in [5.74, 6) is 1.54. The fourth-order valence-corrected chi connectivity index (χ4v) is 4.77. The highest BCUT2D eigenvalue weighted by atomic mass is 35.5. The number of halogens is 1. The summed E-state index contributed by atoms with van der Waals surface area (Å²) in [7, 11) is 0. The van der Waals surface area contributed by atoms with Gasteiger partial charge in [0, 0.05) is 22.6 Å². The van der Waals surface area contributed by atoms with Gasteiger partial charge in [-0.3, -0.25) is 0 Å². The molecule has 0 radical (unpaired) electrons. The van der Waals surface area contributed by atoms with Gasteiger partial charge in [0.1, 0.15) is 9.98 Å². The molecule has 0 N–H and O–H groups in total. The largest absolute Gasteiger partial charge is 0.303 e. The van der Waals surface area contributed by atoms with Crippen LogP contribution < -0.4 is 0 Å². The highest BCUT2D eigenvalue weighted by Crippen LogP contribution is 2.34. The Morgan fingerprint density at radius 2 is 2.10 bits per heavy atom. The van der Waals surface area contributed by atoms with Crippen LogP contribution in [0.2, 0.25) is 5.15 Å². The molecule has 0 atom stereocenters. The summed E-state index contributed by atoms with van der Waals surface area (Å²) in [5, 5.41) is 2.39. The molecule has 0 aliphatic carbocycles. The Balaban J connectivity index is 1.70. The molecule has 2 aromatic heterocycles. The van der Waals surface area contributed by atoms with Gasteiger partial charge in [-0.05, 0) is 37.9 Å². The molecule has 0 aromatic carbocycles. The zero-order valence-corrected chi connectivity index (χ0v) is 14.8. The molecule has 1 aliphatic heterocycles. The molecule has 0 spiro atoms. The van der Waals surface area contributed by atoms with Crippen molar-refractivity contribution in [1.82, 2.24) is 14.9 Å². The van der Waals surface area contributed by atoms with Crippen molar-refractivity contribution in [2.45, 2.75) is 37.8 Å². The minimum atomic E-state index is 0.506. The number of nitrogens with zero attached hydrogens (tertiary/aromatic N) is 3. The van der Waals surface area contributed by atoms with E-state index in [0.29, 0.717) is 11.1 Å². The van der Waals surface area contributed by atoms with Crippen LogP contribution in [-0.2, 0) is 0 Å². The normalized spacial score (nSPS) is 16.4. The zero-order valence-electron chi connectivity index (χ0n) is 12.4. The fraction of sp³-hybridized carbons (Fsp3) is 0.600. The van der Waals surface area contributed by atoms with Gasteiger partial charge in [0.05, 0.1) is 0 Å². The van der Waals surface area contributed by atoms with E-state index in [1.54, 1.807) is 23.1 Å². The third-order valence-corrected chi connectivity index (χ3v) is 6.20. The third kappa shape index (κ3) is 3.70. The Hall–Kier alpha value is -0.360. The van der Waals surface area contributed by atoms with Gasteiger partial charge in [0.15, 0.2) is 5.16 Å². The van der Waals surface area contributed by atoms with Crippen molar-refractivity contribution in [3.8, 4) is 0 Å². The standard InChI is InChI=1S/C15H20ClN3S2/c1-10(2)12-9-11-13(16)17-15(18-14(11)21-12)20-8-7-19-5-3-4-6-19/h9-10H,3-8H2,1-2H3. The lowest BCUT2D eigenvalue weighted by molar-refractivity contribution is 0.362. The molecule has 6 heteroatoms. The van der Waals surface area contributed by atoms with E-state index < -0.39 is 0 Å². The lowest BCUT2D eigenvalue weighted by atomic mass is 10.2. The number of thioether (sulfide) groups is 1. The van der Waals surface area contributed by atoms with Gasteiger partial charge in [-0.1, -0.05) is 37.2 Å². The number of likely N-dealkylation sites (tertiary alicyclic amines) is 1. The predicted octanol–water partition coefficient (Wildman–Crippen LogP) is 4.66. The number of hydrogen-bond acceptors (Lipinski definition) is 5. The van der Waals surface area contributed by atoms with Gasteiger partial charge in [-0.2, -0.15) is 0 Å². The molecular formula is C15H20ClN3S2. The molecule has 0 unspecified atom stereocenters. The minimum Gasteiger partial charge on any atom is -0.303 e. The number of aromatic nitrogens is 2. The Morgan fingerprint density at radius 3 is 2.81 bits per heavy atom. The van der Waals surface area contributed by atoms with Crippen LogP contribution in [0.25, 0.3) is 10.2 Å². The summed E-state index contributed by atoms with van der Waals surface area (Å²) < 4.78 is 0. The lowest BCUT2D eigenvalue weighted by Gasteiger charge is -2.13. The van der Waals surface area contributed by atoms with E-state index >= 15 is 0 Å². The number of hydrogen-bond donors (Lipinski definition) is 0. The Kier molecular flexibility index (Phi) is 5.04. The predicted molar refractivity (Wildman–Crippen MR) is 92.9 cm³/mol. The summed E-state index contributed by atoms with van der Waals surface area (Å²) in [5.41, 5.74) is 0. The highest BCUT2D eigenvalue weighted by Gasteiger charge is 2.14. The minimum absolute atomic E-state index is 0.506. The van der Waals surface area contributed by atoms with E-state index in [4.69, 9.17) is 11.6 Å². The fourth-order valence-electron chi connectivity index (χ4n) is 2.51. The maximum atomic E-state index is 6.32. The monoisotopic (exact) mass is 341 g/mol. The molecule has 0 saturated carbocycles. The quantitative estimate of drug-likeness (QED) is 0.449. The van der Waals surface area contributed by atoms with Crippen LogP contribution in [0, 0.1) is 0 Å². The van der Waals surface area contributed by atoms with Crippen LogP contribution in [0.15, 0.2) is 11.2 Å². The van der Waals surface area contributed by atoms with Crippen LogP contribution in [0.3, 0.4) is 0 Å². The van der Waals surface area contributed by atoms with Crippen molar-refractivity contribution in [3.63, 3.8) is 0 Å². The van der Waals surface area contributed by atoms with Crippen molar-refractivity contribution >= 4 is 44.9 Å². The molecule has 0 bridgehead atoms. The molecule has 21 heavy (non-hydrogen) atoms. The van der Waals surface area contributed by atoms with E-state index in [2.05, 4.69) is 34.8 Å². The van der Waals surface area contributed by atoms with Crippen LogP contribution in [0.5, 0.6) is 0 Å². The first-order chi connectivity index (χ1) is 10.1. The first-order valence-electron chi connectivity index (χ1n) is 7.45. The number of thiophene rings is 1. The van der Waals surface area contributed by atoms with Crippen molar-refractivity contribution in [1.29, 1.82) is 0 Å². The topological polar surface area (TPSA) is 29.0 Å². The molecule has 1 aliphatic rings. The van der Waals surface area contributed by atoms with Crippen molar-refractivity contribution < 1.29 is 0 Å². The average Bonchev–Trinajstić information content (AvgIpc) is 3.07. The second kappa shape index (κ2) is 6.82. The number of rotatable bonds is 5. The molecule has 114 valence electrons. The Labute approximate surface area is 139 Å². The smallest absolute Gasteiger partial charge is 0.190 e. The third-order valence-electron chi connectivity index (χ3n) is 3.75. The first-order valence-corrected chi connectivity index (χ1v) is 9.63. The van der Waals surface area contributed by atoms with Crippen LogP contribution in [0.4, 0.5) is 0 Å². The first kappa shape index (κ1) is 15.5. The molecule has 3 heterocycles. The zero-order chi connectivity index (χ0) is 14.8. The molecule has 0 amide bonds.